The van der Waals surface area contributed by atoms with E-state index in [9.17, 15) is 14.7 Å². The minimum atomic E-state index is -1.60. The van der Waals surface area contributed by atoms with E-state index in [0.29, 0.717) is 46.5 Å². The van der Waals surface area contributed by atoms with E-state index < -0.39 is 23.8 Å². The Morgan fingerprint density at radius 3 is 2.57 bits per heavy atom. The van der Waals surface area contributed by atoms with E-state index in [4.69, 9.17) is 24.8 Å². The van der Waals surface area contributed by atoms with E-state index in [2.05, 4.69) is 79.5 Å². The molecule has 15 heteroatoms. The molecule has 0 unspecified atom stereocenters. The molecule has 0 aliphatic carbocycles. The van der Waals surface area contributed by atoms with E-state index >= 15 is 0 Å². The normalized spacial score (nSPS) is 20.9. The number of urea groups is 1. The molecule has 2 aliphatic heterocycles. The molecule has 0 bridgehead atoms. The first-order valence-corrected chi connectivity index (χ1v) is 14.1. The highest BCUT2D eigenvalue weighted by Gasteiger charge is 2.54. The van der Waals surface area contributed by atoms with Crippen LogP contribution in [-0.4, -0.2) is 61.5 Å². The van der Waals surface area contributed by atoms with Gasteiger partial charge in [-0.15, -0.1) is 0 Å². The SMILES string of the molecule is COC1=C(Br)C[C@@]2(OC=C1Br)ON=C(C(=O)NCCCOc1c(Br)cc(CCNC(N)=O)cc1Br)[C@H]2O. The van der Waals surface area contributed by atoms with Crippen LogP contribution < -0.4 is 21.1 Å². The number of aliphatic hydroxyl groups excluding tert-OH is 1. The lowest BCUT2D eigenvalue weighted by Gasteiger charge is -2.27. The summed E-state index contributed by atoms with van der Waals surface area (Å²) in [6.45, 7) is 1.01. The van der Waals surface area contributed by atoms with Gasteiger partial charge in [0.2, 0.25) is 0 Å². The zero-order chi connectivity index (χ0) is 27.2. The van der Waals surface area contributed by atoms with Crippen molar-refractivity contribution in [3.05, 3.63) is 47.6 Å². The van der Waals surface area contributed by atoms with Crippen LogP contribution in [0.4, 0.5) is 4.79 Å². The number of primary amides is 1. The van der Waals surface area contributed by atoms with Crippen LogP contribution in [0.15, 0.2) is 47.2 Å². The number of nitrogens with two attached hydrogens (primary N) is 1. The molecular weight excluding hydrogens is 752 g/mol. The molecule has 5 N–H and O–H groups in total. The predicted molar refractivity (Wildman–Crippen MR) is 149 cm³/mol. The molecular formula is C22H24Br4N4O7. The van der Waals surface area contributed by atoms with Gasteiger partial charge in [-0.1, -0.05) is 21.1 Å². The van der Waals surface area contributed by atoms with Crippen LogP contribution in [0.3, 0.4) is 0 Å². The molecule has 2 heterocycles. The minimum absolute atomic E-state index is 0.0568. The fourth-order valence-electron chi connectivity index (χ4n) is 3.46. The number of hydrogen-bond donors (Lipinski definition) is 4. The molecule has 37 heavy (non-hydrogen) atoms. The summed E-state index contributed by atoms with van der Waals surface area (Å²) in [5.41, 5.74) is 5.86. The number of amides is 3. The maximum absolute atomic E-state index is 12.6. The zero-order valence-corrected chi connectivity index (χ0v) is 25.8. The molecule has 2 atom stereocenters. The molecule has 3 rings (SSSR count). The van der Waals surface area contributed by atoms with Crippen LogP contribution >= 0.6 is 63.7 Å². The lowest BCUT2D eigenvalue weighted by molar-refractivity contribution is -0.225. The standard InChI is InChI=1S/C22H24Br4N4O7/c1-34-17-14(25)9-22(36-10-15(17)26)19(31)16(30-37-22)20(32)28-4-2-6-35-18-12(23)7-11(8-13(18)24)3-5-29-21(27)33/h7-8,10,19,31H,2-6,9H2,1H3,(H,28,32)(H3,27,29,33)/t19-,22-/m1/s1. The Kier molecular flexibility index (Phi) is 10.7. The molecule has 0 saturated heterocycles. The van der Waals surface area contributed by atoms with E-state index in [-0.39, 0.29) is 18.7 Å². The summed E-state index contributed by atoms with van der Waals surface area (Å²) in [5, 5.41) is 19.8. The summed E-state index contributed by atoms with van der Waals surface area (Å²) in [5.74, 6) is -1.10. The highest BCUT2D eigenvalue weighted by Crippen LogP contribution is 2.41. The van der Waals surface area contributed by atoms with Crippen molar-refractivity contribution in [1.29, 1.82) is 0 Å². The average molecular weight is 776 g/mol. The zero-order valence-electron chi connectivity index (χ0n) is 19.5. The number of allylic oxidation sites excluding steroid dienone is 1. The first-order valence-electron chi connectivity index (χ1n) is 10.9. The van der Waals surface area contributed by atoms with Gasteiger partial charge in [0.05, 0.1) is 33.6 Å². The van der Waals surface area contributed by atoms with Crippen molar-refractivity contribution in [2.24, 2.45) is 10.9 Å². The summed E-state index contributed by atoms with van der Waals surface area (Å²) in [6.07, 6.45) is 1.04. The van der Waals surface area contributed by atoms with Gasteiger partial charge < -0.3 is 40.5 Å². The van der Waals surface area contributed by atoms with Crippen LogP contribution in [0.2, 0.25) is 0 Å². The third kappa shape index (κ3) is 7.40. The Morgan fingerprint density at radius 1 is 1.22 bits per heavy atom. The summed E-state index contributed by atoms with van der Waals surface area (Å²) in [4.78, 5) is 28.8. The van der Waals surface area contributed by atoms with E-state index in [1.165, 1.54) is 13.4 Å². The first-order chi connectivity index (χ1) is 17.6. The summed E-state index contributed by atoms with van der Waals surface area (Å²) in [7, 11) is 1.49. The largest absolute Gasteiger partial charge is 0.495 e. The number of methoxy groups -OCH3 is 1. The minimum Gasteiger partial charge on any atom is -0.495 e. The van der Waals surface area contributed by atoms with E-state index in [1.807, 2.05) is 12.1 Å². The van der Waals surface area contributed by atoms with Crippen molar-refractivity contribution >= 4 is 81.4 Å². The molecule has 0 saturated carbocycles. The van der Waals surface area contributed by atoms with Crippen LogP contribution in [-0.2, 0) is 25.5 Å². The highest BCUT2D eigenvalue weighted by molar-refractivity contribution is 9.12. The number of ether oxygens (including phenoxy) is 3. The number of carbonyl (C=O) groups is 2. The maximum Gasteiger partial charge on any atom is 0.312 e. The Labute approximate surface area is 246 Å². The number of nitrogens with zero attached hydrogens (tertiary/aromatic N) is 1. The van der Waals surface area contributed by atoms with Gasteiger partial charge in [-0.05, 0) is 78.3 Å². The Balaban J connectivity index is 1.47. The van der Waals surface area contributed by atoms with Crippen molar-refractivity contribution < 1.29 is 33.7 Å². The third-order valence-electron chi connectivity index (χ3n) is 5.26. The van der Waals surface area contributed by atoms with Crippen LogP contribution in [0.25, 0.3) is 0 Å². The van der Waals surface area contributed by atoms with Crippen molar-refractivity contribution in [2.75, 3.05) is 26.8 Å². The van der Waals surface area contributed by atoms with Gasteiger partial charge in [0.1, 0.15) is 17.8 Å². The fourth-order valence-corrected chi connectivity index (χ4v) is 6.50. The summed E-state index contributed by atoms with van der Waals surface area (Å²) < 4.78 is 19.3. The number of oxime groups is 1. The fraction of sp³-hybridized carbons (Fsp3) is 0.409. The monoisotopic (exact) mass is 772 g/mol. The Bertz CT molecular complexity index is 1120. The smallest absolute Gasteiger partial charge is 0.312 e. The molecule has 1 aromatic carbocycles. The highest BCUT2D eigenvalue weighted by atomic mass is 79.9. The Hall–Kier alpha value is -1.81. The molecule has 0 fully saturated rings. The van der Waals surface area contributed by atoms with Crippen LogP contribution in [0.5, 0.6) is 5.75 Å². The first kappa shape index (κ1) is 29.7. The predicted octanol–water partition coefficient (Wildman–Crippen LogP) is 3.66. The number of halogens is 4. The number of aliphatic hydroxyl groups is 1. The molecule has 0 aromatic heterocycles. The quantitative estimate of drug-likeness (QED) is 0.265. The van der Waals surface area contributed by atoms with Crippen LogP contribution in [0.1, 0.15) is 18.4 Å². The summed E-state index contributed by atoms with van der Waals surface area (Å²) >= 11 is 13.7. The lowest BCUT2D eigenvalue weighted by Crippen LogP contribution is -2.49. The number of hydrogen-bond acceptors (Lipinski definition) is 8. The third-order valence-corrected chi connectivity index (χ3v) is 7.63. The van der Waals surface area contributed by atoms with Gasteiger partial charge in [-0.3, -0.25) is 4.79 Å². The number of benzene rings is 1. The van der Waals surface area contributed by atoms with Gasteiger partial charge in [-0.25, -0.2) is 4.79 Å². The molecule has 0 radical (unpaired) electrons. The molecule has 3 amide bonds. The lowest BCUT2D eigenvalue weighted by atomic mass is 10.0. The van der Waals surface area contributed by atoms with Gasteiger partial charge >= 0.3 is 11.8 Å². The van der Waals surface area contributed by atoms with Gasteiger partial charge in [0, 0.05) is 17.6 Å². The number of nitrogens with one attached hydrogen (secondary N) is 2. The van der Waals surface area contributed by atoms with Crippen molar-refractivity contribution in [3.8, 4) is 5.75 Å². The van der Waals surface area contributed by atoms with E-state index in [1.54, 1.807) is 0 Å². The molecule has 1 spiro atoms. The molecule has 11 nitrogen and oxygen atoms in total. The molecule has 202 valence electrons. The average Bonchev–Trinajstić information content (AvgIpc) is 3.07. The topological polar surface area (TPSA) is 154 Å². The van der Waals surface area contributed by atoms with Crippen molar-refractivity contribution in [1.82, 2.24) is 10.6 Å². The number of rotatable bonds is 10. The van der Waals surface area contributed by atoms with Gasteiger partial charge in [0.25, 0.3) is 5.91 Å². The number of carbonyl (C=O) groups excluding carboxylic acids is 2. The van der Waals surface area contributed by atoms with Gasteiger partial charge in [0.15, 0.2) is 11.8 Å². The van der Waals surface area contributed by atoms with E-state index in [0.717, 1.165) is 14.5 Å². The Morgan fingerprint density at radius 2 is 1.92 bits per heavy atom. The second-order valence-electron chi connectivity index (χ2n) is 7.87. The molecule has 1 aromatic rings. The molecule has 2 aliphatic rings. The second kappa shape index (κ2) is 13.3. The van der Waals surface area contributed by atoms with Crippen LogP contribution in [0, 0.1) is 0 Å². The van der Waals surface area contributed by atoms with Crippen molar-refractivity contribution in [2.45, 2.75) is 31.2 Å². The van der Waals surface area contributed by atoms with Crippen molar-refractivity contribution in [3.63, 3.8) is 0 Å². The summed E-state index contributed by atoms with van der Waals surface area (Å²) in [6, 6.07) is 3.22. The maximum atomic E-state index is 12.6. The van der Waals surface area contributed by atoms with Gasteiger partial charge in [-0.2, -0.15) is 0 Å². The second-order valence-corrected chi connectivity index (χ2v) is 11.4.